The maximum atomic E-state index is 13.1. The van der Waals surface area contributed by atoms with Gasteiger partial charge in [0, 0.05) is 12.3 Å². The van der Waals surface area contributed by atoms with Crippen LogP contribution in [-0.2, 0) is 16.1 Å². The summed E-state index contributed by atoms with van der Waals surface area (Å²) in [4.78, 5) is 30.3. The van der Waals surface area contributed by atoms with Crippen LogP contribution in [0.25, 0.3) is 10.9 Å². The lowest BCUT2D eigenvalue weighted by Gasteiger charge is -2.16. The summed E-state index contributed by atoms with van der Waals surface area (Å²) < 4.78 is 7.39. The number of anilines is 1. The molecule has 6 nitrogen and oxygen atoms in total. The number of nitrogens with one attached hydrogen (secondary N) is 1. The number of fused-ring (bicyclic) bond motifs is 1. The molecule has 1 atom stereocenters. The maximum Gasteiger partial charge on any atom is 0.262 e. The van der Waals surface area contributed by atoms with E-state index in [4.69, 9.17) is 4.74 Å². The highest BCUT2D eigenvalue weighted by molar-refractivity contribution is 7.99. The summed E-state index contributed by atoms with van der Waals surface area (Å²) in [5.74, 6) is 0.0396. The number of aryl methyl sites for hydroxylation is 2. The second-order valence-electron chi connectivity index (χ2n) is 7.60. The van der Waals surface area contributed by atoms with Crippen molar-refractivity contribution in [1.82, 2.24) is 9.55 Å². The van der Waals surface area contributed by atoms with E-state index in [1.807, 2.05) is 50.2 Å². The lowest BCUT2D eigenvalue weighted by atomic mass is 10.1. The van der Waals surface area contributed by atoms with Crippen LogP contribution < -0.4 is 10.9 Å². The Kier molecular flexibility index (Phi) is 6.20. The summed E-state index contributed by atoms with van der Waals surface area (Å²) in [6.07, 6.45) is 1.94. The van der Waals surface area contributed by atoms with Crippen LogP contribution in [0.5, 0.6) is 0 Å². The topological polar surface area (TPSA) is 73.2 Å². The van der Waals surface area contributed by atoms with Gasteiger partial charge in [-0.3, -0.25) is 14.2 Å². The largest absolute Gasteiger partial charge is 0.376 e. The van der Waals surface area contributed by atoms with Gasteiger partial charge < -0.3 is 10.1 Å². The average molecular weight is 424 g/mol. The molecule has 1 aliphatic heterocycles. The Morgan fingerprint density at radius 3 is 2.83 bits per heavy atom. The monoisotopic (exact) mass is 423 g/mol. The Hall–Kier alpha value is -2.64. The Morgan fingerprint density at radius 2 is 2.07 bits per heavy atom. The molecule has 1 aliphatic rings. The number of benzene rings is 2. The molecule has 0 aliphatic carbocycles. The zero-order chi connectivity index (χ0) is 21.1. The number of para-hydroxylation sites is 1. The molecular formula is C23H25N3O3S. The minimum atomic E-state index is -0.130. The predicted octanol–water partition coefficient (Wildman–Crippen LogP) is 3.92. The van der Waals surface area contributed by atoms with Crippen molar-refractivity contribution in [1.29, 1.82) is 0 Å². The molecule has 0 spiro atoms. The number of ether oxygens (including phenoxy) is 1. The van der Waals surface area contributed by atoms with E-state index in [2.05, 4.69) is 10.3 Å². The lowest BCUT2D eigenvalue weighted by molar-refractivity contribution is -0.113. The van der Waals surface area contributed by atoms with Gasteiger partial charge in [-0.25, -0.2) is 4.98 Å². The number of carbonyl (C=O) groups excluding carboxylic acids is 1. The Bertz CT molecular complexity index is 1140. The molecule has 4 rings (SSSR count). The highest BCUT2D eigenvalue weighted by Crippen LogP contribution is 2.22. The van der Waals surface area contributed by atoms with E-state index < -0.39 is 0 Å². The zero-order valence-corrected chi connectivity index (χ0v) is 18.0. The molecule has 156 valence electrons. The first-order chi connectivity index (χ1) is 14.5. The van der Waals surface area contributed by atoms with Crippen LogP contribution in [0.1, 0.15) is 24.0 Å². The van der Waals surface area contributed by atoms with Crippen molar-refractivity contribution in [2.75, 3.05) is 17.7 Å². The second-order valence-corrected chi connectivity index (χ2v) is 8.54. The molecule has 1 amide bonds. The fourth-order valence-corrected chi connectivity index (χ4v) is 4.37. The Labute approximate surface area is 179 Å². The summed E-state index contributed by atoms with van der Waals surface area (Å²) in [6, 6.07) is 13.2. The molecule has 7 heteroatoms. The van der Waals surface area contributed by atoms with Crippen molar-refractivity contribution in [3.63, 3.8) is 0 Å². The molecular weight excluding hydrogens is 398 g/mol. The molecule has 1 fully saturated rings. The molecule has 2 heterocycles. The predicted molar refractivity (Wildman–Crippen MR) is 120 cm³/mol. The second kappa shape index (κ2) is 9.02. The minimum absolute atomic E-state index is 0.00868. The molecule has 2 aromatic carbocycles. The Balaban J connectivity index is 1.55. The molecule has 0 radical (unpaired) electrons. The van der Waals surface area contributed by atoms with Crippen LogP contribution in [0.15, 0.2) is 52.4 Å². The number of nitrogens with zero attached hydrogens (tertiary/aromatic N) is 2. The van der Waals surface area contributed by atoms with Crippen LogP contribution in [0.2, 0.25) is 0 Å². The van der Waals surface area contributed by atoms with E-state index in [1.165, 1.54) is 17.3 Å². The van der Waals surface area contributed by atoms with Gasteiger partial charge in [0.2, 0.25) is 5.91 Å². The first-order valence-electron chi connectivity index (χ1n) is 10.1. The molecule has 0 bridgehead atoms. The third-order valence-electron chi connectivity index (χ3n) is 5.36. The number of hydrogen-bond acceptors (Lipinski definition) is 5. The van der Waals surface area contributed by atoms with Gasteiger partial charge in [-0.15, -0.1) is 0 Å². The van der Waals surface area contributed by atoms with Crippen molar-refractivity contribution in [2.45, 2.75) is 44.5 Å². The van der Waals surface area contributed by atoms with Gasteiger partial charge in [0.1, 0.15) is 0 Å². The molecule has 0 unspecified atom stereocenters. The van der Waals surface area contributed by atoms with E-state index in [9.17, 15) is 9.59 Å². The normalized spacial score (nSPS) is 16.1. The van der Waals surface area contributed by atoms with Crippen LogP contribution in [0.4, 0.5) is 5.69 Å². The summed E-state index contributed by atoms with van der Waals surface area (Å²) >= 11 is 1.28. The van der Waals surface area contributed by atoms with Gasteiger partial charge in [0.25, 0.3) is 5.56 Å². The SMILES string of the molecule is Cc1ccc(NC(=O)CSc2nc3ccccc3c(=O)n2C[C@H]2CCCO2)cc1C. The molecule has 30 heavy (non-hydrogen) atoms. The van der Waals surface area contributed by atoms with Crippen molar-refractivity contribution >= 4 is 34.3 Å². The average Bonchev–Trinajstić information content (AvgIpc) is 3.25. The third-order valence-corrected chi connectivity index (χ3v) is 6.34. The van der Waals surface area contributed by atoms with E-state index in [0.717, 1.165) is 30.7 Å². The van der Waals surface area contributed by atoms with Crippen LogP contribution in [-0.4, -0.2) is 33.9 Å². The van der Waals surface area contributed by atoms with Gasteiger partial charge in [-0.2, -0.15) is 0 Å². The number of aromatic nitrogens is 2. The van der Waals surface area contributed by atoms with Crippen LogP contribution >= 0.6 is 11.8 Å². The molecule has 1 saturated heterocycles. The third kappa shape index (κ3) is 4.57. The molecule has 0 saturated carbocycles. The van der Waals surface area contributed by atoms with Crippen molar-refractivity contribution in [3.05, 3.63) is 63.9 Å². The fraction of sp³-hybridized carbons (Fsp3) is 0.348. The highest BCUT2D eigenvalue weighted by atomic mass is 32.2. The van der Waals surface area contributed by atoms with Gasteiger partial charge >= 0.3 is 0 Å². The first kappa shape index (κ1) is 20.6. The van der Waals surface area contributed by atoms with Crippen LogP contribution in [0, 0.1) is 13.8 Å². The smallest absolute Gasteiger partial charge is 0.262 e. The van der Waals surface area contributed by atoms with E-state index >= 15 is 0 Å². The van der Waals surface area contributed by atoms with Gasteiger partial charge in [0.15, 0.2) is 5.16 Å². The fourth-order valence-electron chi connectivity index (χ4n) is 3.56. The summed E-state index contributed by atoms with van der Waals surface area (Å²) in [5.41, 5.74) is 3.63. The lowest BCUT2D eigenvalue weighted by Crippen LogP contribution is -2.29. The number of carbonyl (C=O) groups is 1. The van der Waals surface area contributed by atoms with E-state index in [1.54, 1.807) is 10.6 Å². The summed E-state index contributed by atoms with van der Waals surface area (Å²) in [6.45, 7) is 5.23. The van der Waals surface area contributed by atoms with Gasteiger partial charge in [-0.05, 0) is 62.1 Å². The quantitative estimate of drug-likeness (QED) is 0.480. The van der Waals surface area contributed by atoms with Crippen LogP contribution in [0.3, 0.4) is 0 Å². The Morgan fingerprint density at radius 1 is 1.23 bits per heavy atom. The highest BCUT2D eigenvalue weighted by Gasteiger charge is 2.20. The van der Waals surface area contributed by atoms with Gasteiger partial charge in [-0.1, -0.05) is 30.0 Å². The minimum Gasteiger partial charge on any atom is -0.376 e. The van der Waals surface area contributed by atoms with Crippen molar-refractivity contribution < 1.29 is 9.53 Å². The zero-order valence-electron chi connectivity index (χ0n) is 17.2. The standard InChI is InChI=1S/C23H25N3O3S/c1-15-9-10-17(12-16(15)2)24-21(27)14-30-23-25-20-8-4-3-7-19(20)22(28)26(23)13-18-6-5-11-29-18/h3-4,7-10,12,18H,5-6,11,13-14H2,1-2H3,(H,24,27)/t18-/m1/s1. The van der Waals surface area contributed by atoms with E-state index in [0.29, 0.717) is 22.6 Å². The maximum absolute atomic E-state index is 13.1. The van der Waals surface area contributed by atoms with E-state index in [-0.39, 0.29) is 23.3 Å². The number of thioether (sulfide) groups is 1. The van der Waals surface area contributed by atoms with Gasteiger partial charge in [0.05, 0.1) is 29.3 Å². The number of rotatable bonds is 6. The van der Waals surface area contributed by atoms with Crippen molar-refractivity contribution in [3.8, 4) is 0 Å². The molecule has 3 aromatic rings. The number of hydrogen-bond donors (Lipinski definition) is 1. The number of amides is 1. The molecule has 1 N–H and O–H groups in total. The molecule has 1 aromatic heterocycles. The first-order valence-corrected chi connectivity index (χ1v) is 11.1. The summed E-state index contributed by atoms with van der Waals surface area (Å²) in [5, 5.41) is 4.05. The van der Waals surface area contributed by atoms with Crippen molar-refractivity contribution in [2.24, 2.45) is 0 Å². The summed E-state index contributed by atoms with van der Waals surface area (Å²) in [7, 11) is 0.